The van der Waals surface area contributed by atoms with Gasteiger partial charge in [0, 0.05) is 38.1 Å². The zero-order valence-electron chi connectivity index (χ0n) is 12.2. The number of aryl methyl sites for hydroxylation is 1. The number of rotatable bonds is 5. The van der Waals surface area contributed by atoms with Crippen LogP contribution < -0.4 is 5.73 Å². The Labute approximate surface area is 115 Å². The normalized spacial score (nSPS) is 22.9. The molecule has 1 fully saturated rings. The van der Waals surface area contributed by atoms with Crippen LogP contribution in [0.4, 0.5) is 0 Å². The molecule has 2 rings (SSSR count). The van der Waals surface area contributed by atoms with Crippen LogP contribution in [0.25, 0.3) is 0 Å². The predicted octanol–water partition coefficient (Wildman–Crippen LogP) is 1.40. The van der Waals surface area contributed by atoms with Gasteiger partial charge >= 0.3 is 0 Å². The lowest BCUT2D eigenvalue weighted by Gasteiger charge is -2.37. The molecule has 0 aliphatic carbocycles. The first kappa shape index (κ1) is 14.5. The Hall–Kier alpha value is -0.910. The summed E-state index contributed by atoms with van der Waals surface area (Å²) in [6.45, 7) is 10.2. The molecule has 1 aromatic rings. The molecular weight excluding hydrogens is 240 g/mol. The first-order valence-corrected chi connectivity index (χ1v) is 7.25. The van der Waals surface area contributed by atoms with Gasteiger partial charge in [-0.1, -0.05) is 6.92 Å². The van der Waals surface area contributed by atoms with Crippen LogP contribution in [-0.2, 0) is 11.3 Å². The standard InChI is InChI=1S/C14H26N4O/c1-4-6-17-7-5-16-14(17)13(15)12-10-18(11(2)3)8-9-19-12/h5,7,11-13H,4,6,8-10,15H2,1-3H3. The third-order valence-corrected chi connectivity index (χ3v) is 3.77. The van der Waals surface area contributed by atoms with Crippen molar-refractivity contribution in [1.82, 2.24) is 14.5 Å². The Morgan fingerprint density at radius 1 is 1.53 bits per heavy atom. The highest BCUT2D eigenvalue weighted by Gasteiger charge is 2.30. The number of nitrogens with two attached hydrogens (primary N) is 1. The van der Waals surface area contributed by atoms with Crippen LogP contribution in [-0.4, -0.2) is 46.3 Å². The summed E-state index contributed by atoms with van der Waals surface area (Å²) in [6.07, 6.45) is 4.95. The summed E-state index contributed by atoms with van der Waals surface area (Å²) in [5, 5.41) is 0. The monoisotopic (exact) mass is 266 g/mol. The summed E-state index contributed by atoms with van der Waals surface area (Å²) in [4.78, 5) is 6.84. The molecule has 2 heterocycles. The largest absolute Gasteiger partial charge is 0.373 e. The fraction of sp³-hybridized carbons (Fsp3) is 0.786. The molecule has 2 unspecified atom stereocenters. The lowest BCUT2D eigenvalue weighted by Crippen LogP contribution is -2.49. The van der Waals surface area contributed by atoms with E-state index in [9.17, 15) is 0 Å². The fourth-order valence-electron chi connectivity index (χ4n) is 2.60. The molecule has 5 heteroatoms. The number of hydrogen-bond donors (Lipinski definition) is 1. The molecule has 19 heavy (non-hydrogen) atoms. The van der Waals surface area contributed by atoms with Crippen LogP contribution >= 0.6 is 0 Å². The third kappa shape index (κ3) is 3.35. The van der Waals surface area contributed by atoms with Gasteiger partial charge in [-0.3, -0.25) is 4.90 Å². The molecule has 2 N–H and O–H groups in total. The van der Waals surface area contributed by atoms with Gasteiger partial charge in [0.1, 0.15) is 5.82 Å². The third-order valence-electron chi connectivity index (χ3n) is 3.77. The van der Waals surface area contributed by atoms with Gasteiger partial charge in [0.25, 0.3) is 0 Å². The highest BCUT2D eigenvalue weighted by Crippen LogP contribution is 2.20. The van der Waals surface area contributed by atoms with Crippen molar-refractivity contribution in [2.45, 2.75) is 51.9 Å². The van der Waals surface area contributed by atoms with Gasteiger partial charge in [0.2, 0.25) is 0 Å². The number of aromatic nitrogens is 2. The molecule has 1 aliphatic heterocycles. The maximum absolute atomic E-state index is 6.37. The van der Waals surface area contributed by atoms with E-state index in [1.54, 1.807) is 0 Å². The van der Waals surface area contributed by atoms with E-state index in [1.807, 2.05) is 12.4 Å². The maximum atomic E-state index is 6.37. The molecule has 0 bridgehead atoms. The van der Waals surface area contributed by atoms with Crippen molar-refractivity contribution < 1.29 is 4.74 Å². The molecule has 2 atom stereocenters. The Kier molecular flexibility index (Phi) is 4.96. The van der Waals surface area contributed by atoms with Crippen molar-refractivity contribution in [3.8, 4) is 0 Å². The van der Waals surface area contributed by atoms with E-state index in [2.05, 4.69) is 35.2 Å². The molecule has 1 aromatic heterocycles. The van der Waals surface area contributed by atoms with Gasteiger partial charge in [-0.05, 0) is 20.3 Å². The second-order valence-corrected chi connectivity index (χ2v) is 5.50. The van der Waals surface area contributed by atoms with E-state index in [4.69, 9.17) is 10.5 Å². The van der Waals surface area contributed by atoms with Crippen molar-refractivity contribution >= 4 is 0 Å². The van der Waals surface area contributed by atoms with Gasteiger partial charge in [-0.25, -0.2) is 4.98 Å². The molecule has 1 aliphatic rings. The lowest BCUT2D eigenvalue weighted by molar-refractivity contribution is -0.0518. The number of imidazole rings is 1. The van der Waals surface area contributed by atoms with Gasteiger partial charge < -0.3 is 15.0 Å². The van der Waals surface area contributed by atoms with E-state index < -0.39 is 0 Å². The van der Waals surface area contributed by atoms with Crippen LogP contribution in [0, 0.1) is 0 Å². The Morgan fingerprint density at radius 3 is 3.00 bits per heavy atom. The Bertz CT molecular complexity index is 391. The van der Waals surface area contributed by atoms with Gasteiger partial charge in [0.15, 0.2) is 0 Å². The zero-order valence-corrected chi connectivity index (χ0v) is 12.2. The zero-order chi connectivity index (χ0) is 13.8. The van der Waals surface area contributed by atoms with Gasteiger partial charge in [-0.15, -0.1) is 0 Å². The molecular formula is C14H26N4O. The minimum Gasteiger partial charge on any atom is -0.373 e. The highest BCUT2D eigenvalue weighted by molar-refractivity contribution is 5.02. The number of morpholine rings is 1. The lowest BCUT2D eigenvalue weighted by atomic mass is 10.1. The smallest absolute Gasteiger partial charge is 0.128 e. The van der Waals surface area contributed by atoms with Crippen LogP contribution in [0.2, 0.25) is 0 Å². The Balaban J connectivity index is 2.05. The fourth-order valence-corrected chi connectivity index (χ4v) is 2.60. The molecule has 1 saturated heterocycles. The van der Waals surface area contributed by atoms with E-state index in [1.165, 1.54) is 0 Å². The number of hydrogen-bond acceptors (Lipinski definition) is 4. The number of nitrogens with zero attached hydrogens (tertiary/aromatic N) is 3. The van der Waals surface area contributed by atoms with Crippen LogP contribution in [0.1, 0.15) is 39.1 Å². The minimum atomic E-state index is -0.150. The highest BCUT2D eigenvalue weighted by atomic mass is 16.5. The molecule has 0 spiro atoms. The summed E-state index contributed by atoms with van der Waals surface area (Å²) >= 11 is 0. The summed E-state index contributed by atoms with van der Waals surface area (Å²) in [6, 6.07) is 0.386. The van der Waals surface area contributed by atoms with Crippen molar-refractivity contribution in [3.63, 3.8) is 0 Å². The van der Waals surface area contributed by atoms with Crippen molar-refractivity contribution in [1.29, 1.82) is 0 Å². The van der Waals surface area contributed by atoms with Crippen molar-refractivity contribution in [3.05, 3.63) is 18.2 Å². The average molecular weight is 266 g/mol. The first-order chi connectivity index (χ1) is 9.13. The summed E-state index contributed by atoms with van der Waals surface area (Å²) in [7, 11) is 0. The second kappa shape index (κ2) is 6.50. The number of ether oxygens (including phenoxy) is 1. The van der Waals surface area contributed by atoms with E-state index in [-0.39, 0.29) is 12.1 Å². The van der Waals surface area contributed by atoms with Crippen molar-refractivity contribution in [2.75, 3.05) is 19.7 Å². The van der Waals surface area contributed by atoms with Crippen LogP contribution in [0.15, 0.2) is 12.4 Å². The van der Waals surface area contributed by atoms with Crippen LogP contribution in [0.5, 0.6) is 0 Å². The van der Waals surface area contributed by atoms with Gasteiger partial charge in [-0.2, -0.15) is 0 Å². The first-order valence-electron chi connectivity index (χ1n) is 7.25. The average Bonchev–Trinajstić information content (AvgIpc) is 2.86. The Morgan fingerprint density at radius 2 is 2.32 bits per heavy atom. The summed E-state index contributed by atoms with van der Waals surface area (Å²) in [5.74, 6) is 0.942. The van der Waals surface area contributed by atoms with Gasteiger partial charge in [0.05, 0.1) is 18.8 Å². The minimum absolute atomic E-state index is 0.0363. The summed E-state index contributed by atoms with van der Waals surface area (Å²) < 4.78 is 8.00. The SMILES string of the molecule is CCCn1ccnc1C(N)C1CN(C(C)C)CCO1. The van der Waals surface area contributed by atoms with Crippen molar-refractivity contribution in [2.24, 2.45) is 5.73 Å². The van der Waals surface area contributed by atoms with E-state index >= 15 is 0 Å². The molecule has 0 aromatic carbocycles. The molecule has 0 radical (unpaired) electrons. The second-order valence-electron chi connectivity index (χ2n) is 5.50. The predicted molar refractivity (Wildman–Crippen MR) is 75.9 cm³/mol. The molecule has 0 saturated carbocycles. The molecule has 108 valence electrons. The maximum Gasteiger partial charge on any atom is 0.128 e. The van der Waals surface area contributed by atoms with Crippen LogP contribution in [0.3, 0.4) is 0 Å². The topological polar surface area (TPSA) is 56.3 Å². The van der Waals surface area contributed by atoms with E-state index in [0.717, 1.165) is 38.5 Å². The summed E-state index contributed by atoms with van der Waals surface area (Å²) in [5.41, 5.74) is 6.37. The van der Waals surface area contributed by atoms with E-state index in [0.29, 0.717) is 6.04 Å². The molecule has 5 nitrogen and oxygen atoms in total. The quantitative estimate of drug-likeness (QED) is 0.875. The molecule has 0 amide bonds.